The first-order valence-corrected chi connectivity index (χ1v) is 6.70. The maximum absolute atomic E-state index is 10.8. The number of benzene rings is 1. The quantitative estimate of drug-likeness (QED) is 0.901. The second-order valence-electron chi connectivity index (χ2n) is 4.37. The normalized spacial score (nSPS) is 14.4. The molecule has 2 aromatic rings. The lowest BCUT2D eigenvalue weighted by atomic mass is 9.90. The smallest absolute Gasteiger partial charge is 0.118 e. The standard InChI is InChI=1S/C14H17NO2S/c1-11-15-13(9-18-11)8-14(16,10-17-2)12-6-4-3-5-7-12/h3-7,9,16H,8,10H2,1-2H3. The number of aliphatic hydroxyl groups is 1. The number of nitrogens with zero attached hydrogens (tertiary/aromatic N) is 1. The lowest BCUT2D eigenvalue weighted by Crippen LogP contribution is -2.33. The molecule has 0 amide bonds. The van der Waals surface area contributed by atoms with Gasteiger partial charge >= 0.3 is 0 Å². The van der Waals surface area contributed by atoms with Crippen LogP contribution in [0.5, 0.6) is 0 Å². The maximum Gasteiger partial charge on any atom is 0.118 e. The van der Waals surface area contributed by atoms with Crippen LogP contribution in [0, 0.1) is 6.92 Å². The van der Waals surface area contributed by atoms with Crippen LogP contribution in [0.3, 0.4) is 0 Å². The van der Waals surface area contributed by atoms with Crippen molar-refractivity contribution in [2.45, 2.75) is 18.9 Å². The summed E-state index contributed by atoms with van der Waals surface area (Å²) in [4.78, 5) is 4.41. The fourth-order valence-electron chi connectivity index (χ4n) is 2.01. The lowest BCUT2D eigenvalue weighted by Gasteiger charge is -2.27. The highest BCUT2D eigenvalue weighted by Crippen LogP contribution is 2.26. The molecule has 0 aliphatic rings. The molecular weight excluding hydrogens is 246 g/mol. The number of rotatable bonds is 5. The van der Waals surface area contributed by atoms with E-state index < -0.39 is 5.60 Å². The molecule has 3 nitrogen and oxygen atoms in total. The molecule has 1 heterocycles. The van der Waals surface area contributed by atoms with Gasteiger partial charge in [-0.15, -0.1) is 11.3 Å². The van der Waals surface area contributed by atoms with Crippen molar-refractivity contribution >= 4 is 11.3 Å². The van der Waals surface area contributed by atoms with Gasteiger partial charge in [-0.1, -0.05) is 30.3 Å². The van der Waals surface area contributed by atoms with Gasteiger partial charge in [-0.25, -0.2) is 4.98 Å². The number of ether oxygens (including phenoxy) is 1. The van der Waals surface area contributed by atoms with E-state index in [1.54, 1.807) is 18.4 Å². The number of hydrogen-bond donors (Lipinski definition) is 1. The molecule has 1 N–H and O–H groups in total. The van der Waals surface area contributed by atoms with Crippen molar-refractivity contribution in [3.8, 4) is 0 Å². The number of aromatic nitrogens is 1. The second-order valence-corrected chi connectivity index (χ2v) is 5.43. The minimum absolute atomic E-state index is 0.258. The van der Waals surface area contributed by atoms with E-state index in [1.807, 2.05) is 42.6 Å². The molecule has 1 unspecified atom stereocenters. The average Bonchev–Trinajstić information content (AvgIpc) is 2.76. The summed E-state index contributed by atoms with van der Waals surface area (Å²) in [5.41, 5.74) is 0.745. The zero-order valence-electron chi connectivity index (χ0n) is 10.6. The molecule has 0 bridgehead atoms. The van der Waals surface area contributed by atoms with Crippen molar-refractivity contribution in [2.75, 3.05) is 13.7 Å². The van der Waals surface area contributed by atoms with E-state index in [1.165, 1.54) is 0 Å². The summed E-state index contributed by atoms with van der Waals surface area (Å²) in [6, 6.07) is 9.60. The maximum atomic E-state index is 10.8. The molecule has 18 heavy (non-hydrogen) atoms. The second kappa shape index (κ2) is 5.61. The Morgan fingerprint density at radius 2 is 2.06 bits per heavy atom. The van der Waals surface area contributed by atoms with Crippen molar-refractivity contribution in [3.05, 3.63) is 52.0 Å². The third-order valence-electron chi connectivity index (χ3n) is 2.83. The Balaban J connectivity index is 2.26. The molecule has 0 saturated heterocycles. The predicted octanol–water partition coefficient (Wildman–Crippen LogP) is 2.53. The largest absolute Gasteiger partial charge is 0.382 e. The Morgan fingerprint density at radius 3 is 2.61 bits per heavy atom. The van der Waals surface area contributed by atoms with Crippen molar-refractivity contribution in [1.82, 2.24) is 4.98 Å². The van der Waals surface area contributed by atoms with Crippen LogP contribution >= 0.6 is 11.3 Å². The van der Waals surface area contributed by atoms with Crippen LogP contribution in [0.2, 0.25) is 0 Å². The van der Waals surface area contributed by atoms with E-state index in [9.17, 15) is 5.11 Å². The molecule has 0 spiro atoms. The van der Waals surface area contributed by atoms with Crippen molar-refractivity contribution in [2.24, 2.45) is 0 Å². The Bertz CT molecular complexity index is 498. The number of thiazole rings is 1. The predicted molar refractivity (Wildman–Crippen MR) is 72.8 cm³/mol. The molecule has 96 valence electrons. The first kappa shape index (κ1) is 13.2. The van der Waals surface area contributed by atoms with E-state index in [0.717, 1.165) is 16.3 Å². The van der Waals surface area contributed by atoms with Crippen molar-refractivity contribution in [1.29, 1.82) is 0 Å². The average molecular weight is 263 g/mol. The molecule has 0 aliphatic carbocycles. The van der Waals surface area contributed by atoms with E-state index in [4.69, 9.17) is 4.74 Å². The molecule has 0 saturated carbocycles. The van der Waals surface area contributed by atoms with E-state index in [0.29, 0.717) is 6.42 Å². The van der Waals surface area contributed by atoms with Crippen molar-refractivity contribution in [3.63, 3.8) is 0 Å². The highest BCUT2D eigenvalue weighted by Gasteiger charge is 2.30. The van der Waals surface area contributed by atoms with Gasteiger partial charge in [-0.3, -0.25) is 0 Å². The lowest BCUT2D eigenvalue weighted by molar-refractivity contribution is -0.0361. The molecule has 2 rings (SSSR count). The third-order valence-corrected chi connectivity index (χ3v) is 3.66. The van der Waals surface area contributed by atoms with Crippen LogP contribution in [0.15, 0.2) is 35.7 Å². The number of methoxy groups -OCH3 is 1. The van der Waals surface area contributed by atoms with Crippen molar-refractivity contribution < 1.29 is 9.84 Å². The number of hydrogen-bond acceptors (Lipinski definition) is 4. The van der Waals surface area contributed by atoms with Crippen LogP contribution in [0.25, 0.3) is 0 Å². The molecule has 4 heteroatoms. The van der Waals surface area contributed by atoms with E-state index in [-0.39, 0.29) is 6.61 Å². The van der Waals surface area contributed by atoms with Crippen LogP contribution in [-0.4, -0.2) is 23.8 Å². The first-order chi connectivity index (χ1) is 8.64. The minimum Gasteiger partial charge on any atom is -0.382 e. The van der Waals surface area contributed by atoms with Gasteiger partial charge in [0.2, 0.25) is 0 Å². The molecular formula is C14H17NO2S. The Labute approximate surface area is 111 Å². The highest BCUT2D eigenvalue weighted by atomic mass is 32.1. The zero-order chi connectivity index (χ0) is 13.0. The molecule has 0 aliphatic heterocycles. The van der Waals surface area contributed by atoms with E-state index >= 15 is 0 Å². The minimum atomic E-state index is -1.02. The molecule has 0 radical (unpaired) electrons. The Kier molecular flexibility index (Phi) is 4.11. The Hall–Kier alpha value is -1.23. The van der Waals surface area contributed by atoms with Gasteiger partial charge in [0.05, 0.1) is 17.3 Å². The number of aryl methyl sites for hydroxylation is 1. The monoisotopic (exact) mass is 263 g/mol. The Morgan fingerprint density at radius 1 is 1.33 bits per heavy atom. The van der Waals surface area contributed by atoms with Gasteiger partial charge in [-0.05, 0) is 12.5 Å². The summed E-state index contributed by atoms with van der Waals surface area (Å²) >= 11 is 1.60. The molecule has 1 atom stereocenters. The summed E-state index contributed by atoms with van der Waals surface area (Å²) < 4.78 is 5.17. The topological polar surface area (TPSA) is 42.4 Å². The van der Waals surface area contributed by atoms with Gasteiger partial charge in [0.1, 0.15) is 5.60 Å². The fraction of sp³-hybridized carbons (Fsp3) is 0.357. The summed E-state index contributed by atoms with van der Waals surface area (Å²) in [6.07, 6.45) is 0.467. The summed E-state index contributed by atoms with van der Waals surface area (Å²) in [5, 5.41) is 13.8. The summed E-state index contributed by atoms with van der Waals surface area (Å²) in [6.45, 7) is 2.22. The van der Waals surface area contributed by atoms with Gasteiger partial charge in [0.25, 0.3) is 0 Å². The van der Waals surface area contributed by atoms with Crippen LogP contribution in [0.4, 0.5) is 0 Å². The first-order valence-electron chi connectivity index (χ1n) is 5.82. The molecule has 1 aromatic carbocycles. The zero-order valence-corrected chi connectivity index (χ0v) is 11.4. The van der Waals surface area contributed by atoms with Crippen LogP contribution in [-0.2, 0) is 16.8 Å². The van der Waals surface area contributed by atoms with Crippen LogP contribution in [0.1, 0.15) is 16.3 Å². The van der Waals surface area contributed by atoms with Gasteiger partial charge in [0.15, 0.2) is 0 Å². The third kappa shape index (κ3) is 2.96. The highest BCUT2D eigenvalue weighted by molar-refractivity contribution is 7.09. The summed E-state index contributed by atoms with van der Waals surface area (Å²) in [5.74, 6) is 0. The molecule has 1 aromatic heterocycles. The SMILES string of the molecule is COCC(O)(Cc1csc(C)n1)c1ccccc1. The van der Waals surface area contributed by atoms with Crippen LogP contribution < -0.4 is 0 Å². The summed E-state index contributed by atoms with van der Waals surface area (Å²) in [7, 11) is 1.60. The van der Waals surface area contributed by atoms with E-state index in [2.05, 4.69) is 4.98 Å². The fourth-order valence-corrected chi connectivity index (χ4v) is 2.63. The molecule has 0 fully saturated rings. The van der Waals surface area contributed by atoms with Gasteiger partial charge in [0, 0.05) is 18.9 Å². The van der Waals surface area contributed by atoms with Gasteiger partial charge < -0.3 is 9.84 Å². The van der Waals surface area contributed by atoms with Gasteiger partial charge in [-0.2, -0.15) is 0 Å².